The normalized spacial score (nSPS) is 11.4. The van der Waals surface area contributed by atoms with Crippen LogP contribution in [0.5, 0.6) is 5.75 Å². The number of carbonyl (C=O) groups is 1. The number of ether oxygens (including phenoxy) is 1. The molecule has 0 bridgehead atoms. The number of rotatable bonds is 7. The zero-order valence-corrected chi connectivity index (χ0v) is 16.3. The van der Waals surface area contributed by atoms with E-state index >= 15 is 0 Å². The molecule has 0 aromatic heterocycles. The second kappa shape index (κ2) is 10.1. The molecule has 0 saturated carbocycles. The second-order valence-electron chi connectivity index (χ2n) is 5.59. The van der Waals surface area contributed by atoms with Gasteiger partial charge in [-0.25, -0.2) is 0 Å². The molecule has 0 atom stereocenters. The molecule has 0 unspecified atom stereocenters. The van der Waals surface area contributed by atoms with Crippen molar-refractivity contribution in [1.29, 1.82) is 0 Å². The Hall–Kier alpha value is -2.58. The number of hydrogen-bond donors (Lipinski definition) is 3. The van der Waals surface area contributed by atoms with Gasteiger partial charge >= 0.3 is 6.61 Å². The smallest absolute Gasteiger partial charge is 0.387 e. The van der Waals surface area contributed by atoms with Crippen LogP contribution in [0, 0.1) is 0 Å². The number of alkyl halides is 2. The molecule has 28 heavy (non-hydrogen) atoms. The van der Waals surface area contributed by atoms with E-state index in [0.29, 0.717) is 28.7 Å². The topological polar surface area (TPSA) is 88.7 Å². The van der Waals surface area contributed by atoms with Crippen molar-refractivity contribution in [1.82, 2.24) is 10.6 Å². The van der Waals surface area contributed by atoms with Crippen molar-refractivity contribution in [2.45, 2.75) is 19.7 Å². The summed E-state index contributed by atoms with van der Waals surface area (Å²) in [5.74, 6) is -0.233. The highest BCUT2D eigenvalue weighted by molar-refractivity contribution is 6.35. The third-order valence-electron chi connectivity index (χ3n) is 3.66. The fourth-order valence-corrected chi connectivity index (χ4v) is 2.92. The van der Waals surface area contributed by atoms with E-state index < -0.39 is 12.5 Å². The van der Waals surface area contributed by atoms with Crippen molar-refractivity contribution >= 4 is 35.1 Å². The maximum Gasteiger partial charge on any atom is 0.387 e. The van der Waals surface area contributed by atoms with E-state index in [1.165, 1.54) is 12.1 Å². The average molecular weight is 431 g/mol. The molecule has 0 aliphatic rings. The van der Waals surface area contributed by atoms with Gasteiger partial charge in [-0.2, -0.15) is 8.78 Å². The van der Waals surface area contributed by atoms with Gasteiger partial charge in [-0.1, -0.05) is 35.3 Å². The van der Waals surface area contributed by atoms with Crippen molar-refractivity contribution in [3.63, 3.8) is 0 Å². The molecule has 2 rings (SSSR count). The third kappa shape index (κ3) is 6.24. The van der Waals surface area contributed by atoms with Gasteiger partial charge in [0.25, 0.3) is 0 Å². The van der Waals surface area contributed by atoms with Crippen LogP contribution in [0.1, 0.15) is 21.5 Å². The molecule has 6 nitrogen and oxygen atoms in total. The maximum atomic E-state index is 12.6. The summed E-state index contributed by atoms with van der Waals surface area (Å²) >= 11 is 11.9. The summed E-state index contributed by atoms with van der Waals surface area (Å²) in [5, 5.41) is 6.32. The van der Waals surface area contributed by atoms with E-state index in [0.717, 1.165) is 5.56 Å². The Morgan fingerprint density at radius 1 is 1.18 bits per heavy atom. The largest absolute Gasteiger partial charge is 0.433 e. The molecule has 1 amide bonds. The molecule has 0 heterocycles. The molecular weight excluding hydrogens is 413 g/mol. The Labute approximate surface area is 170 Å². The number of nitrogens with one attached hydrogen (secondary N) is 2. The highest BCUT2D eigenvalue weighted by atomic mass is 35.5. The number of primary amides is 1. The van der Waals surface area contributed by atoms with Gasteiger partial charge in [0.1, 0.15) is 5.75 Å². The van der Waals surface area contributed by atoms with Crippen molar-refractivity contribution < 1.29 is 18.3 Å². The number of nitrogens with two attached hydrogens (primary N) is 1. The molecule has 0 saturated heterocycles. The van der Waals surface area contributed by atoms with Crippen LogP contribution in [-0.4, -0.2) is 25.5 Å². The van der Waals surface area contributed by atoms with Gasteiger partial charge < -0.3 is 21.1 Å². The van der Waals surface area contributed by atoms with Gasteiger partial charge in [0, 0.05) is 36.3 Å². The Bertz CT molecular complexity index is 861. The van der Waals surface area contributed by atoms with Crippen LogP contribution in [0.2, 0.25) is 10.0 Å². The van der Waals surface area contributed by atoms with E-state index in [1.54, 1.807) is 31.3 Å². The lowest BCUT2D eigenvalue weighted by molar-refractivity contribution is -0.0504. The van der Waals surface area contributed by atoms with Gasteiger partial charge in [0.05, 0.1) is 5.02 Å². The number of hydrogen-bond acceptors (Lipinski definition) is 3. The van der Waals surface area contributed by atoms with Gasteiger partial charge in [0.15, 0.2) is 5.96 Å². The SMILES string of the molecule is CN=C(NCc1ccc(C(N)=O)cc1)NCc1cc(Cl)cc(Cl)c1OC(F)F. The minimum Gasteiger partial charge on any atom is -0.433 e. The van der Waals surface area contributed by atoms with Crippen molar-refractivity contribution in [2.75, 3.05) is 7.05 Å². The number of guanidine groups is 1. The number of aliphatic imine (C=N–C) groups is 1. The minimum absolute atomic E-state index is 0.0120. The van der Waals surface area contributed by atoms with Crippen LogP contribution in [0.4, 0.5) is 8.78 Å². The molecule has 0 aliphatic carbocycles. The van der Waals surface area contributed by atoms with Crippen LogP contribution >= 0.6 is 23.2 Å². The molecule has 0 fully saturated rings. The van der Waals surface area contributed by atoms with Crippen LogP contribution < -0.4 is 21.1 Å². The number of amides is 1. The van der Waals surface area contributed by atoms with Crippen LogP contribution in [-0.2, 0) is 13.1 Å². The van der Waals surface area contributed by atoms with E-state index in [2.05, 4.69) is 20.4 Å². The first kappa shape index (κ1) is 21.7. The Balaban J connectivity index is 2.01. The monoisotopic (exact) mass is 430 g/mol. The molecule has 0 aliphatic heterocycles. The first-order valence-electron chi connectivity index (χ1n) is 8.06. The summed E-state index contributed by atoms with van der Waals surface area (Å²) in [6, 6.07) is 9.56. The predicted molar refractivity (Wildman–Crippen MR) is 105 cm³/mol. The molecule has 10 heteroatoms. The lowest BCUT2D eigenvalue weighted by Crippen LogP contribution is -2.36. The number of halogens is 4. The molecule has 2 aromatic rings. The average Bonchev–Trinajstić information content (AvgIpc) is 2.64. The van der Waals surface area contributed by atoms with Gasteiger partial charge in [-0.05, 0) is 29.8 Å². The zero-order valence-electron chi connectivity index (χ0n) is 14.8. The lowest BCUT2D eigenvalue weighted by atomic mass is 10.1. The minimum atomic E-state index is -3.02. The second-order valence-corrected chi connectivity index (χ2v) is 6.44. The number of carbonyl (C=O) groups excluding carboxylic acids is 1. The Morgan fingerprint density at radius 3 is 2.39 bits per heavy atom. The van der Waals surface area contributed by atoms with Gasteiger partial charge in [0.2, 0.25) is 5.91 Å². The predicted octanol–water partition coefficient (Wildman–Crippen LogP) is 3.56. The third-order valence-corrected chi connectivity index (χ3v) is 4.16. The molecule has 0 spiro atoms. The highest BCUT2D eigenvalue weighted by Crippen LogP contribution is 2.33. The molecule has 0 radical (unpaired) electrons. The van der Waals surface area contributed by atoms with E-state index in [1.807, 2.05) is 0 Å². The molecule has 150 valence electrons. The molecular formula is C18H18Cl2F2N4O2. The van der Waals surface area contributed by atoms with Crippen LogP contribution in [0.15, 0.2) is 41.4 Å². The number of nitrogens with zero attached hydrogens (tertiary/aromatic N) is 1. The van der Waals surface area contributed by atoms with E-state index in [9.17, 15) is 13.6 Å². The molecule has 2 aromatic carbocycles. The Morgan fingerprint density at radius 2 is 1.82 bits per heavy atom. The highest BCUT2D eigenvalue weighted by Gasteiger charge is 2.15. The quantitative estimate of drug-likeness (QED) is 0.462. The van der Waals surface area contributed by atoms with Crippen molar-refractivity contribution in [3.8, 4) is 5.75 Å². The Kier molecular flexibility index (Phi) is 7.83. The summed E-state index contributed by atoms with van der Waals surface area (Å²) in [4.78, 5) is 15.2. The summed E-state index contributed by atoms with van der Waals surface area (Å²) in [6.07, 6.45) is 0. The fraction of sp³-hybridized carbons (Fsp3) is 0.222. The summed E-state index contributed by atoms with van der Waals surface area (Å²) in [7, 11) is 1.56. The number of benzene rings is 2. The lowest BCUT2D eigenvalue weighted by Gasteiger charge is -2.16. The fourth-order valence-electron chi connectivity index (χ4n) is 2.34. The van der Waals surface area contributed by atoms with Crippen LogP contribution in [0.25, 0.3) is 0 Å². The van der Waals surface area contributed by atoms with E-state index in [4.69, 9.17) is 28.9 Å². The first-order chi connectivity index (χ1) is 13.3. The van der Waals surface area contributed by atoms with Crippen LogP contribution in [0.3, 0.4) is 0 Å². The first-order valence-corrected chi connectivity index (χ1v) is 8.81. The van der Waals surface area contributed by atoms with Crippen molar-refractivity contribution in [3.05, 3.63) is 63.1 Å². The van der Waals surface area contributed by atoms with Crippen molar-refractivity contribution in [2.24, 2.45) is 10.7 Å². The maximum absolute atomic E-state index is 12.6. The summed E-state index contributed by atoms with van der Waals surface area (Å²) in [6.45, 7) is -2.50. The zero-order chi connectivity index (χ0) is 20.7. The standard InChI is InChI=1S/C18H18Cl2F2N4O2/c1-24-18(25-8-10-2-4-11(5-3-10)16(23)27)26-9-12-6-13(19)7-14(20)15(12)28-17(21)22/h2-7,17H,8-9H2,1H3,(H2,23,27)(H2,24,25,26). The summed E-state index contributed by atoms with van der Waals surface area (Å²) < 4.78 is 29.8. The van der Waals surface area contributed by atoms with Gasteiger partial charge in [-0.3, -0.25) is 9.79 Å². The summed E-state index contributed by atoms with van der Waals surface area (Å²) in [5.41, 5.74) is 6.86. The van der Waals surface area contributed by atoms with Gasteiger partial charge in [-0.15, -0.1) is 0 Å². The van der Waals surface area contributed by atoms with E-state index in [-0.39, 0.29) is 17.3 Å². The molecule has 4 N–H and O–H groups in total.